The van der Waals surface area contributed by atoms with Crippen LogP contribution in [0.15, 0.2) is 41.1 Å². The molecule has 0 unspecified atom stereocenters. The number of aryl methyl sites for hydroxylation is 1. The molecule has 0 amide bonds. The van der Waals surface area contributed by atoms with Crippen LogP contribution < -0.4 is 4.74 Å². The SMILES string of the molecule is COc1ccccc1-c1nnc(CN2CCC[C@H]2c2cnn(C)c2)o1. The molecule has 3 heterocycles. The lowest BCUT2D eigenvalue weighted by Crippen LogP contribution is -2.22. The van der Waals surface area contributed by atoms with Crippen LogP contribution in [-0.2, 0) is 13.6 Å². The Bertz CT molecular complexity index is 857. The van der Waals surface area contributed by atoms with Crippen molar-refractivity contribution in [2.75, 3.05) is 13.7 Å². The molecule has 7 nitrogen and oxygen atoms in total. The number of benzene rings is 1. The second-order valence-electron chi connectivity index (χ2n) is 6.28. The van der Waals surface area contributed by atoms with Gasteiger partial charge in [-0.25, -0.2) is 0 Å². The molecular formula is C18H21N5O2. The highest BCUT2D eigenvalue weighted by atomic mass is 16.5. The van der Waals surface area contributed by atoms with E-state index in [1.165, 1.54) is 5.56 Å². The molecule has 1 aliphatic rings. The number of hydrogen-bond donors (Lipinski definition) is 0. The fourth-order valence-electron chi connectivity index (χ4n) is 3.43. The summed E-state index contributed by atoms with van der Waals surface area (Å²) in [5.41, 5.74) is 2.05. The molecule has 1 fully saturated rings. The van der Waals surface area contributed by atoms with Crippen LogP contribution in [0.4, 0.5) is 0 Å². The number of ether oxygens (including phenoxy) is 1. The van der Waals surface area contributed by atoms with Crippen LogP contribution in [0.2, 0.25) is 0 Å². The Kier molecular flexibility index (Phi) is 4.23. The van der Waals surface area contributed by atoms with Crippen LogP contribution in [0.3, 0.4) is 0 Å². The van der Waals surface area contributed by atoms with E-state index in [2.05, 4.69) is 26.4 Å². The first-order valence-electron chi connectivity index (χ1n) is 8.43. The van der Waals surface area contributed by atoms with Gasteiger partial charge in [-0.3, -0.25) is 9.58 Å². The topological polar surface area (TPSA) is 69.2 Å². The predicted molar refractivity (Wildman–Crippen MR) is 91.9 cm³/mol. The highest BCUT2D eigenvalue weighted by Gasteiger charge is 2.28. The second kappa shape index (κ2) is 6.68. The van der Waals surface area contributed by atoms with E-state index in [9.17, 15) is 0 Å². The fraction of sp³-hybridized carbons (Fsp3) is 0.389. The molecule has 130 valence electrons. The maximum atomic E-state index is 5.90. The molecule has 0 N–H and O–H groups in total. The van der Waals surface area contributed by atoms with E-state index in [1.807, 2.05) is 42.2 Å². The number of rotatable bonds is 5. The van der Waals surface area contributed by atoms with Gasteiger partial charge in [0.05, 0.1) is 25.4 Å². The zero-order valence-corrected chi connectivity index (χ0v) is 14.4. The molecular weight excluding hydrogens is 318 g/mol. The Morgan fingerprint density at radius 3 is 2.96 bits per heavy atom. The van der Waals surface area contributed by atoms with Crippen molar-refractivity contribution in [3.05, 3.63) is 48.1 Å². The monoisotopic (exact) mass is 339 g/mol. The van der Waals surface area contributed by atoms with E-state index in [4.69, 9.17) is 9.15 Å². The van der Waals surface area contributed by atoms with E-state index in [0.717, 1.165) is 30.7 Å². The molecule has 0 radical (unpaired) electrons. The zero-order chi connectivity index (χ0) is 17.2. The van der Waals surface area contributed by atoms with E-state index in [1.54, 1.807) is 7.11 Å². The summed E-state index contributed by atoms with van der Waals surface area (Å²) >= 11 is 0. The van der Waals surface area contributed by atoms with Gasteiger partial charge in [-0.2, -0.15) is 5.10 Å². The lowest BCUT2D eigenvalue weighted by atomic mass is 10.1. The van der Waals surface area contributed by atoms with Gasteiger partial charge in [0.15, 0.2) is 0 Å². The summed E-state index contributed by atoms with van der Waals surface area (Å²) < 4.78 is 13.1. The smallest absolute Gasteiger partial charge is 0.251 e. The second-order valence-corrected chi connectivity index (χ2v) is 6.28. The molecule has 0 spiro atoms. The summed E-state index contributed by atoms with van der Waals surface area (Å²) in [6, 6.07) is 8.02. The van der Waals surface area contributed by atoms with Gasteiger partial charge in [-0.1, -0.05) is 12.1 Å². The first kappa shape index (κ1) is 15.8. The van der Waals surface area contributed by atoms with Crippen LogP contribution >= 0.6 is 0 Å². The highest BCUT2D eigenvalue weighted by Crippen LogP contribution is 2.33. The number of nitrogens with zero attached hydrogens (tertiary/aromatic N) is 5. The summed E-state index contributed by atoms with van der Waals surface area (Å²) in [6.45, 7) is 1.66. The van der Waals surface area contributed by atoms with Crippen molar-refractivity contribution >= 4 is 0 Å². The van der Waals surface area contributed by atoms with Crippen molar-refractivity contribution < 1.29 is 9.15 Å². The van der Waals surface area contributed by atoms with Gasteiger partial charge in [0.25, 0.3) is 5.89 Å². The van der Waals surface area contributed by atoms with Gasteiger partial charge < -0.3 is 9.15 Å². The fourth-order valence-corrected chi connectivity index (χ4v) is 3.43. The van der Waals surface area contributed by atoms with Gasteiger partial charge in [0.2, 0.25) is 5.89 Å². The van der Waals surface area contributed by atoms with Crippen molar-refractivity contribution in [1.82, 2.24) is 24.9 Å². The third kappa shape index (κ3) is 3.15. The van der Waals surface area contributed by atoms with E-state index < -0.39 is 0 Å². The molecule has 25 heavy (non-hydrogen) atoms. The number of likely N-dealkylation sites (tertiary alicyclic amines) is 1. The quantitative estimate of drug-likeness (QED) is 0.712. The van der Waals surface area contributed by atoms with Gasteiger partial charge in [-0.05, 0) is 31.5 Å². The molecule has 1 aromatic carbocycles. The van der Waals surface area contributed by atoms with Crippen LogP contribution in [0.5, 0.6) is 5.75 Å². The van der Waals surface area contributed by atoms with Crippen molar-refractivity contribution in [2.45, 2.75) is 25.4 Å². The molecule has 7 heteroatoms. The third-order valence-electron chi connectivity index (χ3n) is 4.62. The highest BCUT2D eigenvalue weighted by molar-refractivity contribution is 5.62. The molecule has 0 bridgehead atoms. The molecule has 2 aromatic heterocycles. The molecule has 3 aromatic rings. The predicted octanol–water partition coefficient (Wildman–Crippen LogP) is 2.82. The van der Waals surface area contributed by atoms with Gasteiger partial charge >= 0.3 is 0 Å². The van der Waals surface area contributed by atoms with Crippen molar-refractivity contribution in [3.8, 4) is 17.2 Å². The molecule has 0 saturated carbocycles. The lowest BCUT2D eigenvalue weighted by molar-refractivity contribution is 0.224. The Labute approximate surface area is 146 Å². The molecule has 4 rings (SSSR count). The van der Waals surface area contributed by atoms with E-state index in [-0.39, 0.29) is 0 Å². The van der Waals surface area contributed by atoms with Gasteiger partial charge in [-0.15, -0.1) is 10.2 Å². The molecule has 1 saturated heterocycles. The average Bonchev–Trinajstić information content (AvgIpc) is 3.36. The molecule has 1 atom stereocenters. The van der Waals surface area contributed by atoms with E-state index in [0.29, 0.717) is 24.4 Å². The number of hydrogen-bond acceptors (Lipinski definition) is 6. The average molecular weight is 339 g/mol. The third-order valence-corrected chi connectivity index (χ3v) is 4.62. The molecule has 1 aliphatic heterocycles. The number of aromatic nitrogens is 4. The minimum atomic E-state index is 0.357. The summed E-state index contributed by atoms with van der Waals surface area (Å²) in [5, 5.41) is 12.7. The minimum Gasteiger partial charge on any atom is -0.496 e. The maximum Gasteiger partial charge on any atom is 0.251 e. The zero-order valence-electron chi connectivity index (χ0n) is 14.4. The summed E-state index contributed by atoms with van der Waals surface area (Å²) in [5.74, 6) is 1.84. The Hall–Kier alpha value is -2.67. The van der Waals surface area contributed by atoms with Crippen molar-refractivity contribution in [3.63, 3.8) is 0 Å². The first-order valence-corrected chi connectivity index (χ1v) is 8.43. The summed E-state index contributed by atoms with van der Waals surface area (Å²) in [7, 11) is 3.58. The number of methoxy groups -OCH3 is 1. The summed E-state index contributed by atoms with van der Waals surface area (Å²) in [4.78, 5) is 2.37. The van der Waals surface area contributed by atoms with Crippen molar-refractivity contribution in [2.24, 2.45) is 7.05 Å². The van der Waals surface area contributed by atoms with E-state index >= 15 is 0 Å². The standard InChI is InChI=1S/C18H21N5O2/c1-22-11-13(10-19-22)15-7-5-9-23(15)12-17-20-21-18(25-17)14-6-3-4-8-16(14)24-2/h3-4,6,8,10-11,15H,5,7,9,12H2,1-2H3/t15-/m0/s1. The normalized spacial score (nSPS) is 17.9. The maximum absolute atomic E-state index is 5.90. The van der Waals surface area contributed by atoms with Crippen LogP contribution in [0.25, 0.3) is 11.5 Å². The Morgan fingerprint density at radius 1 is 1.28 bits per heavy atom. The number of para-hydroxylation sites is 1. The largest absolute Gasteiger partial charge is 0.496 e. The molecule has 0 aliphatic carbocycles. The minimum absolute atomic E-state index is 0.357. The first-order chi connectivity index (χ1) is 12.2. The van der Waals surface area contributed by atoms with Crippen LogP contribution in [-0.4, -0.2) is 38.5 Å². The lowest BCUT2D eigenvalue weighted by Gasteiger charge is -2.21. The van der Waals surface area contributed by atoms with Crippen LogP contribution in [0.1, 0.15) is 30.3 Å². The van der Waals surface area contributed by atoms with Crippen molar-refractivity contribution in [1.29, 1.82) is 0 Å². The Balaban J connectivity index is 1.53. The van der Waals surface area contributed by atoms with Gasteiger partial charge in [0.1, 0.15) is 5.75 Å². The summed E-state index contributed by atoms with van der Waals surface area (Å²) in [6.07, 6.45) is 6.31. The Morgan fingerprint density at radius 2 is 2.16 bits per heavy atom. The van der Waals surface area contributed by atoms with Gasteiger partial charge in [0, 0.05) is 24.8 Å². The van der Waals surface area contributed by atoms with Crippen LogP contribution in [0, 0.1) is 0 Å².